The van der Waals surface area contributed by atoms with E-state index in [1.165, 1.54) is 29.0 Å². The summed E-state index contributed by atoms with van der Waals surface area (Å²) in [4.78, 5) is 25.8. The predicted molar refractivity (Wildman–Crippen MR) is 106 cm³/mol. The molecule has 1 aromatic heterocycles. The van der Waals surface area contributed by atoms with Crippen LogP contribution in [0.3, 0.4) is 0 Å². The molecule has 3 aromatic carbocycles. The minimum Gasteiger partial charge on any atom is -0.423 e. The first kappa shape index (κ1) is 17.7. The smallest absolute Gasteiger partial charge is 0.345 e. The van der Waals surface area contributed by atoms with Crippen molar-refractivity contribution in [1.82, 2.24) is 4.57 Å². The molecule has 0 fully saturated rings. The van der Waals surface area contributed by atoms with Crippen LogP contribution in [0.25, 0.3) is 16.5 Å². The fraction of sp³-hybridized carbons (Fsp3) is 0.0435. The van der Waals surface area contributed by atoms with Crippen molar-refractivity contribution in [2.45, 2.75) is 6.92 Å². The van der Waals surface area contributed by atoms with Gasteiger partial charge in [-0.3, -0.25) is 9.36 Å². The number of aryl methyl sites for hydroxylation is 1. The molecule has 0 aliphatic carbocycles. The Labute approximate surface area is 160 Å². The predicted octanol–water partition coefficient (Wildman–Crippen LogP) is 4.66. The van der Waals surface area contributed by atoms with Crippen LogP contribution in [0, 0.1) is 12.7 Å². The Balaban J connectivity index is 1.87. The molecule has 0 saturated carbocycles. The molecule has 4 aromatic rings. The van der Waals surface area contributed by atoms with Crippen LogP contribution in [0.5, 0.6) is 5.75 Å². The summed E-state index contributed by atoms with van der Waals surface area (Å²) in [6.45, 7) is 1.94. The number of halogens is 1. The van der Waals surface area contributed by atoms with Crippen molar-refractivity contribution in [2.75, 3.05) is 0 Å². The monoisotopic (exact) mass is 373 g/mol. The molecule has 0 aliphatic heterocycles. The van der Waals surface area contributed by atoms with Crippen molar-refractivity contribution in [3.8, 4) is 11.4 Å². The van der Waals surface area contributed by atoms with Gasteiger partial charge in [-0.1, -0.05) is 42.0 Å². The molecule has 0 aliphatic rings. The third-order valence-electron chi connectivity index (χ3n) is 4.46. The average molecular weight is 373 g/mol. The van der Waals surface area contributed by atoms with E-state index in [9.17, 15) is 14.0 Å². The van der Waals surface area contributed by atoms with Crippen LogP contribution in [-0.4, -0.2) is 10.5 Å². The van der Waals surface area contributed by atoms with Gasteiger partial charge in [-0.05, 0) is 43.3 Å². The normalized spacial score (nSPS) is 10.8. The van der Waals surface area contributed by atoms with E-state index in [0.717, 1.165) is 5.56 Å². The lowest BCUT2D eigenvalue weighted by atomic mass is 10.1. The molecule has 5 heteroatoms. The second-order valence-corrected chi connectivity index (χ2v) is 6.45. The summed E-state index contributed by atoms with van der Waals surface area (Å²) in [6, 6.07) is 19.5. The van der Waals surface area contributed by atoms with Crippen molar-refractivity contribution in [2.24, 2.45) is 0 Å². The van der Waals surface area contributed by atoms with E-state index in [2.05, 4.69) is 0 Å². The highest BCUT2D eigenvalue weighted by Crippen LogP contribution is 2.21. The zero-order valence-electron chi connectivity index (χ0n) is 15.1. The Kier molecular flexibility index (Phi) is 4.49. The molecule has 0 amide bonds. The average Bonchev–Trinajstić information content (AvgIpc) is 2.70. The number of fused-ring (bicyclic) bond motifs is 1. The van der Waals surface area contributed by atoms with E-state index in [1.807, 2.05) is 19.1 Å². The zero-order valence-corrected chi connectivity index (χ0v) is 15.1. The summed E-state index contributed by atoms with van der Waals surface area (Å²) < 4.78 is 20.4. The topological polar surface area (TPSA) is 48.3 Å². The molecule has 4 rings (SSSR count). The highest BCUT2D eigenvalue weighted by Gasteiger charge is 2.17. The van der Waals surface area contributed by atoms with E-state index >= 15 is 0 Å². The van der Waals surface area contributed by atoms with E-state index in [0.29, 0.717) is 22.2 Å². The third-order valence-corrected chi connectivity index (χ3v) is 4.46. The van der Waals surface area contributed by atoms with E-state index < -0.39 is 11.8 Å². The summed E-state index contributed by atoms with van der Waals surface area (Å²) in [5.74, 6) is -0.658. The number of hydrogen-bond donors (Lipinski definition) is 0. The highest BCUT2D eigenvalue weighted by atomic mass is 19.1. The summed E-state index contributed by atoms with van der Waals surface area (Å²) in [5, 5.41) is 0.836. The quantitative estimate of drug-likeness (QED) is 0.388. The highest BCUT2D eigenvalue weighted by molar-refractivity contribution is 6.04. The number of carbonyl (C=O) groups is 1. The number of rotatable bonds is 3. The minimum atomic E-state index is -0.592. The van der Waals surface area contributed by atoms with Gasteiger partial charge >= 0.3 is 5.97 Å². The number of benzene rings is 3. The molecule has 0 saturated heterocycles. The molecule has 4 nitrogen and oxygen atoms in total. The Morgan fingerprint density at radius 1 is 0.929 bits per heavy atom. The van der Waals surface area contributed by atoms with Gasteiger partial charge in [0.15, 0.2) is 0 Å². The number of ether oxygens (including phenoxy) is 1. The van der Waals surface area contributed by atoms with Crippen LogP contribution in [0.15, 0.2) is 83.8 Å². The molecule has 0 unspecified atom stereocenters. The second-order valence-electron chi connectivity index (χ2n) is 6.45. The number of nitrogens with zero attached hydrogens (tertiary/aromatic N) is 1. The summed E-state index contributed by atoms with van der Waals surface area (Å²) >= 11 is 0. The van der Waals surface area contributed by atoms with Crippen LogP contribution in [0.1, 0.15) is 15.9 Å². The molecule has 0 atom stereocenters. The maximum atomic E-state index is 13.7. The fourth-order valence-corrected chi connectivity index (χ4v) is 3.04. The van der Waals surface area contributed by atoms with Gasteiger partial charge in [-0.25, -0.2) is 9.18 Å². The van der Waals surface area contributed by atoms with Crippen LogP contribution in [-0.2, 0) is 0 Å². The van der Waals surface area contributed by atoms with Crippen molar-refractivity contribution in [1.29, 1.82) is 0 Å². The van der Waals surface area contributed by atoms with E-state index in [1.54, 1.807) is 42.5 Å². The lowest BCUT2D eigenvalue weighted by Gasteiger charge is -2.12. The van der Waals surface area contributed by atoms with Crippen LogP contribution >= 0.6 is 0 Å². The minimum absolute atomic E-state index is 0.222. The number of pyridine rings is 1. The van der Waals surface area contributed by atoms with E-state index in [4.69, 9.17) is 4.74 Å². The van der Waals surface area contributed by atoms with Gasteiger partial charge in [0.25, 0.3) is 5.56 Å². The van der Waals surface area contributed by atoms with Gasteiger partial charge < -0.3 is 4.74 Å². The molecule has 0 N–H and O–H groups in total. The van der Waals surface area contributed by atoms with Crippen molar-refractivity contribution in [3.05, 3.63) is 106 Å². The maximum Gasteiger partial charge on any atom is 0.345 e. The van der Waals surface area contributed by atoms with Gasteiger partial charge in [0.05, 0.1) is 11.3 Å². The SMILES string of the molecule is Cc1ccc(OC(=O)c2cn(-c3cccc(F)c3)c(=O)c3ccccc23)cc1. The van der Waals surface area contributed by atoms with Gasteiger partial charge in [-0.2, -0.15) is 0 Å². The lowest BCUT2D eigenvalue weighted by molar-refractivity contribution is 0.0736. The Morgan fingerprint density at radius 3 is 2.36 bits per heavy atom. The largest absolute Gasteiger partial charge is 0.423 e. The molecule has 0 spiro atoms. The summed E-state index contributed by atoms with van der Waals surface area (Å²) in [6.07, 6.45) is 1.40. The molecular formula is C23H16FNO3. The number of hydrogen-bond acceptors (Lipinski definition) is 3. The second kappa shape index (κ2) is 7.12. The Morgan fingerprint density at radius 2 is 1.64 bits per heavy atom. The number of esters is 1. The van der Waals surface area contributed by atoms with Gasteiger partial charge in [0.2, 0.25) is 0 Å². The Hall–Kier alpha value is -3.73. The third kappa shape index (κ3) is 3.30. The first-order valence-electron chi connectivity index (χ1n) is 8.72. The fourth-order valence-electron chi connectivity index (χ4n) is 3.04. The number of carbonyl (C=O) groups excluding carboxylic acids is 1. The molecule has 0 radical (unpaired) electrons. The first-order chi connectivity index (χ1) is 13.5. The summed E-state index contributed by atoms with van der Waals surface area (Å²) in [5.41, 5.74) is 1.26. The van der Waals surface area contributed by atoms with Gasteiger partial charge in [0, 0.05) is 17.0 Å². The van der Waals surface area contributed by atoms with Gasteiger partial charge in [0.1, 0.15) is 11.6 Å². The van der Waals surface area contributed by atoms with E-state index in [-0.39, 0.29) is 11.1 Å². The van der Waals surface area contributed by atoms with Crippen molar-refractivity contribution < 1.29 is 13.9 Å². The molecule has 0 bridgehead atoms. The lowest BCUT2D eigenvalue weighted by Crippen LogP contribution is -2.22. The molecular weight excluding hydrogens is 357 g/mol. The zero-order chi connectivity index (χ0) is 19.7. The van der Waals surface area contributed by atoms with Crippen molar-refractivity contribution >= 4 is 16.7 Å². The molecule has 1 heterocycles. The summed E-state index contributed by atoms with van der Waals surface area (Å²) in [7, 11) is 0. The first-order valence-corrected chi connectivity index (χ1v) is 8.72. The molecule has 28 heavy (non-hydrogen) atoms. The van der Waals surface area contributed by atoms with Crippen molar-refractivity contribution in [3.63, 3.8) is 0 Å². The standard InChI is InChI=1S/C23H16FNO3/c1-15-9-11-18(12-10-15)28-23(27)21-14-25(17-6-4-5-16(24)13-17)22(26)20-8-3-2-7-19(20)21/h2-14H,1H3. The Bertz CT molecular complexity index is 1240. The maximum absolute atomic E-state index is 13.7. The van der Waals surface area contributed by atoms with Gasteiger partial charge in [-0.15, -0.1) is 0 Å². The van der Waals surface area contributed by atoms with Crippen LogP contribution in [0.4, 0.5) is 4.39 Å². The number of aromatic nitrogens is 1. The van der Waals surface area contributed by atoms with Crippen LogP contribution < -0.4 is 10.3 Å². The van der Waals surface area contributed by atoms with Crippen LogP contribution in [0.2, 0.25) is 0 Å². The molecule has 138 valence electrons.